The first-order chi connectivity index (χ1) is 12.1. The van der Waals surface area contributed by atoms with Crippen molar-refractivity contribution in [1.29, 1.82) is 0 Å². The monoisotopic (exact) mass is 339 g/mol. The summed E-state index contributed by atoms with van der Waals surface area (Å²) in [6.45, 7) is 0. The molecule has 3 aromatic rings. The molecular weight excluding hydrogens is 321 g/mol. The Morgan fingerprint density at radius 3 is 2.48 bits per heavy atom. The third kappa shape index (κ3) is 3.85. The van der Waals surface area contributed by atoms with Gasteiger partial charge in [-0.15, -0.1) is 0 Å². The van der Waals surface area contributed by atoms with Crippen LogP contribution in [-0.2, 0) is 18.3 Å². The number of imidazole rings is 1. The lowest BCUT2D eigenvalue weighted by atomic mass is 10.1. The van der Waals surface area contributed by atoms with Crippen LogP contribution in [0.1, 0.15) is 5.56 Å². The average molecular weight is 339 g/mol. The van der Waals surface area contributed by atoms with Crippen molar-refractivity contribution in [2.75, 3.05) is 12.4 Å². The molecule has 2 aromatic carbocycles. The molecule has 1 N–H and O–H groups in total. The van der Waals surface area contributed by atoms with Gasteiger partial charge < -0.3 is 14.6 Å². The Bertz CT molecular complexity index is 871. The summed E-state index contributed by atoms with van der Waals surface area (Å²) in [4.78, 5) is 16.7. The van der Waals surface area contributed by atoms with Crippen molar-refractivity contribution in [1.82, 2.24) is 9.55 Å². The van der Waals surface area contributed by atoms with Crippen LogP contribution in [0.15, 0.2) is 54.9 Å². The minimum Gasteiger partial charge on any atom is -0.497 e. The number of hydrogen-bond donors (Lipinski definition) is 1. The van der Waals surface area contributed by atoms with Crippen LogP contribution >= 0.6 is 0 Å². The number of halogens is 1. The Balaban J connectivity index is 1.76. The zero-order valence-electron chi connectivity index (χ0n) is 14.0. The summed E-state index contributed by atoms with van der Waals surface area (Å²) in [7, 11) is 3.39. The van der Waals surface area contributed by atoms with Crippen molar-refractivity contribution in [3.05, 3.63) is 66.2 Å². The van der Waals surface area contributed by atoms with Gasteiger partial charge >= 0.3 is 0 Å². The van der Waals surface area contributed by atoms with E-state index in [1.54, 1.807) is 37.2 Å². The van der Waals surface area contributed by atoms with E-state index in [2.05, 4.69) is 10.3 Å². The predicted octanol–water partition coefficient (Wildman–Crippen LogP) is 3.42. The van der Waals surface area contributed by atoms with Crippen LogP contribution in [0.25, 0.3) is 11.3 Å². The van der Waals surface area contributed by atoms with Gasteiger partial charge in [-0.1, -0.05) is 12.1 Å². The fraction of sp³-hybridized carbons (Fsp3) is 0.158. The molecule has 0 fully saturated rings. The van der Waals surface area contributed by atoms with Gasteiger partial charge in [0.2, 0.25) is 5.91 Å². The number of nitrogens with one attached hydrogen (secondary N) is 1. The van der Waals surface area contributed by atoms with Crippen molar-refractivity contribution in [3.8, 4) is 17.0 Å². The first kappa shape index (κ1) is 16.7. The third-order valence-electron chi connectivity index (χ3n) is 3.84. The zero-order chi connectivity index (χ0) is 17.8. The van der Waals surface area contributed by atoms with E-state index in [0.717, 1.165) is 16.9 Å². The molecule has 0 radical (unpaired) electrons. The van der Waals surface area contributed by atoms with Gasteiger partial charge in [-0.2, -0.15) is 0 Å². The quantitative estimate of drug-likeness (QED) is 0.775. The van der Waals surface area contributed by atoms with E-state index < -0.39 is 0 Å². The third-order valence-corrected chi connectivity index (χ3v) is 3.84. The van der Waals surface area contributed by atoms with E-state index >= 15 is 0 Å². The van der Waals surface area contributed by atoms with Crippen LogP contribution < -0.4 is 10.1 Å². The Morgan fingerprint density at radius 2 is 1.84 bits per heavy atom. The van der Waals surface area contributed by atoms with E-state index in [1.807, 2.05) is 24.3 Å². The number of anilines is 1. The SMILES string of the molecule is COc1ccc(CC(=O)Nc2c(-c3ccc(F)cc3)ncn2C)cc1. The lowest BCUT2D eigenvalue weighted by Crippen LogP contribution is -2.16. The number of nitrogens with zero attached hydrogens (tertiary/aromatic N) is 2. The summed E-state index contributed by atoms with van der Waals surface area (Å²) in [6, 6.07) is 13.3. The maximum atomic E-state index is 13.1. The zero-order valence-corrected chi connectivity index (χ0v) is 14.0. The molecule has 0 unspecified atom stereocenters. The number of carbonyl (C=O) groups is 1. The van der Waals surface area contributed by atoms with Crippen LogP contribution in [0.2, 0.25) is 0 Å². The number of carbonyl (C=O) groups excluding carboxylic acids is 1. The molecule has 0 spiro atoms. The highest BCUT2D eigenvalue weighted by molar-refractivity contribution is 5.94. The lowest BCUT2D eigenvalue weighted by Gasteiger charge is -2.09. The number of rotatable bonds is 5. The van der Waals surface area contributed by atoms with Crippen molar-refractivity contribution < 1.29 is 13.9 Å². The minimum absolute atomic E-state index is 0.155. The molecule has 3 rings (SSSR count). The molecule has 128 valence electrons. The van der Waals surface area contributed by atoms with E-state index in [9.17, 15) is 9.18 Å². The standard InChI is InChI=1S/C19H18FN3O2/c1-23-12-21-18(14-5-7-15(20)8-6-14)19(23)22-17(24)11-13-3-9-16(25-2)10-4-13/h3-10,12H,11H2,1-2H3,(H,22,24). The van der Waals surface area contributed by atoms with Crippen LogP contribution in [0, 0.1) is 5.82 Å². The van der Waals surface area contributed by atoms with E-state index in [4.69, 9.17) is 4.74 Å². The van der Waals surface area contributed by atoms with Crippen molar-refractivity contribution in [2.45, 2.75) is 6.42 Å². The second-order valence-corrected chi connectivity index (χ2v) is 5.63. The summed E-state index contributed by atoms with van der Waals surface area (Å²) >= 11 is 0. The Kier molecular flexibility index (Phi) is 4.79. The van der Waals surface area contributed by atoms with Gasteiger partial charge in [0, 0.05) is 12.6 Å². The number of ether oxygens (including phenoxy) is 1. The molecule has 6 heteroatoms. The van der Waals surface area contributed by atoms with E-state index in [0.29, 0.717) is 11.5 Å². The molecule has 25 heavy (non-hydrogen) atoms. The predicted molar refractivity (Wildman–Crippen MR) is 93.9 cm³/mol. The van der Waals surface area contributed by atoms with Crippen LogP contribution in [-0.4, -0.2) is 22.6 Å². The highest BCUT2D eigenvalue weighted by Gasteiger charge is 2.14. The molecule has 0 aliphatic heterocycles. The van der Waals surface area contributed by atoms with Crippen LogP contribution in [0.5, 0.6) is 5.75 Å². The summed E-state index contributed by atoms with van der Waals surface area (Å²) < 4.78 is 19.9. The Hall–Kier alpha value is -3.15. The molecule has 0 aliphatic carbocycles. The Labute approximate surface area is 145 Å². The molecule has 0 saturated carbocycles. The minimum atomic E-state index is -0.315. The van der Waals surface area contributed by atoms with Crippen molar-refractivity contribution in [2.24, 2.45) is 7.05 Å². The molecule has 1 heterocycles. The van der Waals surface area contributed by atoms with Crippen LogP contribution in [0.4, 0.5) is 10.2 Å². The maximum absolute atomic E-state index is 13.1. The number of aryl methyl sites for hydroxylation is 1. The maximum Gasteiger partial charge on any atom is 0.229 e. The fourth-order valence-corrected chi connectivity index (χ4v) is 2.50. The largest absolute Gasteiger partial charge is 0.497 e. The Morgan fingerprint density at radius 1 is 1.16 bits per heavy atom. The van der Waals surface area contributed by atoms with Gasteiger partial charge in [0.05, 0.1) is 19.9 Å². The van der Waals surface area contributed by atoms with Crippen molar-refractivity contribution >= 4 is 11.7 Å². The summed E-state index contributed by atoms with van der Waals surface area (Å²) in [5, 5.41) is 2.89. The van der Waals surface area contributed by atoms with E-state index in [-0.39, 0.29) is 18.1 Å². The van der Waals surface area contributed by atoms with Gasteiger partial charge in [-0.25, -0.2) is 9.37 Å². The summed E-state index contributed by atoms with van der Waals surface area (Å²) in [5.41, 5.74) is 2.22. The molecular formula is C19H18FN3O2. The molecule has 0 saturated heterocycles. The number of benzene rings is 2. The summed E-state index contributed by atoms with van der Waals surface area (Å²) in [6.07, 6.45) is 1.85. The number of hydrogen-bond acceptors (Lipinski definition) is 3. The topological polar surface area (TPSA) is 56.1 Å². The first-order valence-electron chi connectivity index (χ1n) is 7.77. The molecule has 1 aromatic heterocycles. The smallest absolute Gasteiger partial charge is 0.229 e. The second kappa shape index (κ2) is 7.17. The van der Waals surface area contributed by atoms with Gasteiger partial charge in [0.1, 0.15) is 23.1 Å². The summed E-state index contributed by atoms with van der Waals surface area (Å²) in [5.74, 6) is 0.849. The average Bonchev–Trinajstić information content (AvgIpc) is 2.97. The molecule has 5 nitrogen and oxygen atoms in total. The number of aromatic nitrogens is 2. The lowest BCUT2D eigenvalue weighted by molar-refractivity contribution is -0.115. The molecule has 1 amide bonds. The first-order valence-corrected chi connectivity index (χ1v) is 7.77. The van der Waals surface area contributed by atoms with E-state index in [1.165, 1.54) is 12.1 Å². The normalized spacial score (nSPS) is 10.5. The van der Waals surface area contributed by atoms with Crippen LogP contribution in [0.3, 0.4) is 0 Å². The van der Waals surface area contributed by atoms with Gasteiger partial charge in [-0.3, -0.25) is 4.79 Å². The molecule has 0 atom stereocenters. The van der Waals surface area contributed by atoms with Gasteiger partial charge in [0.15, 0.2) is 0 Å². The van der Waals surface area contributed by atoms with Gasteiger partial charge in [0.25, 0.3) is 0 Å². The highest BCUT2D eigenvalue weighted by atomic mass is 19.1. The van der Waals surface area contributed by atoms with Crippen molar-refractivity contribution in [3.63, 3.8) is 0 Å². The second-order valence-electron chi connectivity index (χ2n) is 5.63. The number of methoxy groups -OCH3 is 1. The molecule has 0 aliphatic rings. The fourth-order valence-electron chi connectivity index (χ4n) is 2.50. The molecule has 0 bridgehead atoms. The number of amides is 1. The highest BCUT2D eigenvalue weighted by Crippen LogP contribution is 2.26. The van der Waals surface area contributed by atoms with Gasteiger partial charge in [-0.05, 0) is 42.0 Å².